The lowest BCUT2D eigenvalue weighted by molar-refractivity contribution is 0.904. The summed E-state index contributed by atoms with van der Waals surface area (Å²) in [6, 6.07) is 1.45. The first-order chi connectivity index (χ1) is 8.13. The van der Waals surface area contributed by atoms with E-state index in [1.807, 2.05) is 0 Å². The Balaban J connectivity index is 2.07. The number of H-pyrrole nitrogens is 1. The van der Waals surface area contributed by atoms with Crippen LogP contribution in [0.1, 0.15) is 11.4 Å². The second kappa shape index (κ2) is 4.96. The van der Waals surface area contributed by atoms with Gasteiger partial charge in [0.25, 0.3) is 5.56 Å². The first-order valence-electron chi connectivity index (χ1n) is 4.90. The third-order valence-electron chi connectivity index (χ3n) is 1.93. The lowest BCUT2D eigenvalue weighted by Gasteiger charge is -2.01. The maximum atomic E-state index is 11.2. The van der Waals surface area contributed by atoms with Gasteiger partial charge in [0.2, 0.25) is 0 Å². The molecule has 0 aromatic carbocycles. The van der Waals surface area contributed by atoms with Crippen LogP contribution < -0.4 is 11.3 Å². The molecule has 0 unspecified atom stereocenters. The zero-order valence-corrected chi connectivity index (χ0v) is 9.99. The highest BCUT2D eigenvalue weighted by atomic mass is 32.2. The van der Waals surface area contributed by atoms with Crippen LogP contribution in [0.3, 0.4) is 0 Å². The van der Waals surface area contributed by atoms with Gasteiger partial charge in [-0.2, -0.15) is 0 Å². The molecular weight excluding hydrogens is 238 g/mol. The molecule has 0 saturated carbocycles. The van der Waals surface area contributed by atoms with Crippen molar-refractivity contribution >= 4 is 17.6 Å². The third-order valence-corrected chi connectivity index (χ3v) is 2.84. The van der Waals surface area contributed by atoms with Crippen LogP contribution >= 0.6 is 11.8 Å². The molecule has 0 fully saturated rings. The number of anilines is 1. The number of nitrogens with zero attached hydrogens (tertiary/aromatic N) is 3. The standard InChI is InChI=1S/C10H11N5OS/c1-6-2-9(16)15-10(14-6)17-5-7-3-13-8(11)4-12-7/h2-4H,5H2,1H3,(H2,11,13)(H,14,15,16). The second-order valence-corrected chi connectivity index (χ2v) is 4.38. The largest absolute Gasteiger partial charge is 0.382 e. The summed E-state index contributed by atoms with van der Waals surface area (Å²) >= 11 is 1.40. The predicted octanol–water partition coefficient (Wildman–Crippen LogP) is 0.743. The Bertz CT molecular complexity index is 566. The van der Waals surface area contributed by atoms with Crippen molar-refractivity contribution in [3.05, 3.63) is 40.2 Å². The molecule has 6 nitrogen and oxygen atoms in total. The number of aromatic nitrogens is 4. The average Bonchev–Trinajstić information content (AvgIpc) is 2.27. The minimum Gasteiger partial charge on any atom is -0.382 e. The Hall–Kier alpha value is -1.89. The Morgan fingerprint density at radius 3 is 2.88 bits per heavy atom. The minimum absolute atomic E-state index is 0.150. The molecule has 2 heterocycles. The van der Waals surface area contributed by atoms with Crippen molar-refractivity contribution in [1.82, 2.24) is 19.9 Å². The number of nitrogens with one attached hydrogen (secondary N) is 1. The quantitative estimate of drug-likeness (QED) is 0.615. The van der Waals surface area contributed by atoms with E-state index < -0.39 is 0 Å². The molecule has 2 aromatic rings. The van der Waals surface area contributed by atoms with E-state index in [9.17, 15) is 4.79 Å². The fraction of sp³-hybridized carbons (Fsp3) is 0.200. The Labute approximate surface area is 102 Å². The summed E-state index contributed by atoms with van der Waals surface area (Å²) in [5.41, 5.74) is 6.76. The van der Waals surface area contributed by atoms with Gasteiger partial charge < -0.3 is 10.7 Å². The van der Waals surface area contributed by atoms with Gasteiger partial charge in [-0.1, -0.05) is 11.8 Å². The molecule has 0 radical (unpaired) electrons. The fourth-order valence-electron chi connectivity index (χ4n) is 1.20. The first-order valence-corrected chi connectivity index (χ1v) is 5.89. The predicted molar refractivity (Wildman–Crippen MR) is 65.6 cm³/mol. The van der Waals surface area contributed by atoms with E-state index in [1.54, 1.807) is 13.1 Å². The summed E-state index contributed by atoms with van der Waals surface area (Å²) in [5, 5.41) is 0.577. The van der Waals surface area contributed by atoms with Gasteiger partial charge in [0.1, 0.15) is 5.82 Å². The normalized spacial score (nSPS) is 10.4. The maximum Gasteiger partial charge on any atom is 0.251 e. The summed E-state index contributed by atoms with van der Waals surface area (Å²) in [5.74, 6) is 0.973. The summed E-state index contributed by atoms with van der Waals surface area (Å²) in [7, 11) is 0. The van der Waals surface area contributed by atoms with E-state index in [0.29, 0.717) is 22.4 Å². The molecule has 0 saturated heterocycles. The van der Waals surface area contributed by atoms with E-state index in [1.165, 1.54) is 24.0 Å². The number of hydrogen-bond acceptors (Lipinski definition) is 6. The van der Waals surface area contributed by atoms with Crippen LogP contribution in [0.5, 0.6) is 0 Å². The van der Waals surface area contributed by atoms with Crippen LogP contribution in [0.25, 0.3) is 0 Å². The lowest BCUT2D eigenvalue weighted by Crippen LogP contribution is -2.08. The molecular formula is C10H11N5OS. The maximum absolute atomic E-state index is 11.2. The Morgan fingerprint density at radius 2 is 2.24 bits per heavy atom. The molecule has 0 bridgehead atoms. The molecule has 0 aliphatic carbocycles. The molecule has 0 spiro atoms. The van der Waals surface area contributed by atoms with E-state index in [0.717, 1.165) is 5.69 Å². The molecule has 0 atom stereocenters. The number of aromatic amines is 1. The van der Waals surface area contributed by atoms with Gasteiger partial charge in [0.15, 0.2) is 5.16 Å². The van der Waals surface area contributed by atoms with Crippen molar-refractivity contribution in [2.75, 3.05) is 5.73 Å². The summed E-state index contributed by atoms with van der Waals surface area (Å²) in [4.78, 5) is 26.1. The van der Waals surface area contributed by atoms with E-state index in [2.05, 4.69) is 19.9 Å². The summed E-state index contributed by atoms with van der Waals surface area (Å²) < 4.78 is 0. The molecule has 3 N–H and O–H groups in total. The smallest absolute Gasteiger partial charge is 0.251 e. The SMILES string of the molecule is Cc1cc(=O)[nH]c(SCc2cnc(N)cn2)n1. The number of nitrogens with two attached hydrogens (primary N) is 1. The molecule has 2 rings (SSSR count). The topological polar surface area (TPSA) is 97.5 Å². The van der Waals surface area contributed by atoms with Gasteiger partial charge in [-0.25, -0.2) is 9.97 Å². The highest BCUT2D eigenvalue weighted by Gasteiger charge is 2.01. The van der Waals surface area contributed by atoms with Gasteiger partial charge in [0, 0.05) is 17.5 Å². The van der Waals surface area contributed by atoms with Gasteiger partial charge in [0.05, 0.1) is 18.1 Å². The monoisotopic (exact) mass is 249 g/mol. The Kier molecular flexibility index (Phi) is 3.38. The van der Waals surface area contributed by atoms with Crippen LogP contribution in [0.15, 0.2) is 28.4 Å². The zero-order chi connectivity index (χ0) is 12.3. The van der Waals surface area contributed by atoms with Crippen molar-refractivity contribution in [1.29, 1.82) is 0 Å². The minimum atomic E-state index is -0.150. The molecule has 7 heteroatoms. The number of thioether (sulfide) groups is 1. The van der Waals surface area contributed by atoms with Gasteiger partial charge in [-0.15, -0.1) is 0 Å². The first kappa shape index (κ1) is 11.6. The summed E-state index contributed by atoms with van der Waals surface area (Å²) in [6.45, 7) is 1.78. The lowest BCUT2D eigenvalue weighted by atomic mass is 10.5. The van der Waals surface area contributed by atoms with Gasteiger partial charge in [-0.3, -0.25) is 9.78 Å². The van der Waals surface area contributed by atoms with Crippen LogP contribution in [-0.2, 0) is 5.75 Å². The van der Waals surface area contributed by atoms with Gasteiger partial charge in [-0.05, 0) is 6.92 Å². The van der Waals surface area contributed by atoms with Crippen molar-refractivity contribution in [2.45, 2.75) is 17.8 Å². The molecule has 0 aliphatic rings. The van der Waals surface area contributed by atoms with Crippen molar-refractivity contribution in [3.8, 4) is 0 Å². The van der Waals surface area contributed by atoms with E-state index >= 15 is 0 Å². The van der Waals surface area contributed by atoms with Crippen LogP contribution in [0.2, 0.25) is 0 Å². The fourth-order valence-corrected chi connectivity index (χ4v) is 2.02. The van der Waals surface area contributed by atoms with E-state index in [-0.39, 0.29) is 5.56 Å². The van der Waals surface area contributed by atoms with Crippen molar-refractivity contribution in [2.24, 2.45) is 0 Å². The van der Waals surface area contributed by atoms with Crippen LogP contribution in [0.4, 0.5) is 5.82 Å². The number of rotatable bonds is 3. The molecule has 17 heavy (non-hydrogen) atoms. The van der Waals surface area contributed by atoms with E-state index in [4.69, 9.17) is 5.73 Å². The highest BCUT2D eigenvalue weighted by Crippen LogP contribution is 2.16. The molecule has 88 valence electrons. The summed E-state index contributed by atoms with van der Waals surface area (Å²) in [6.07, 6.45) is 3.11. The van der Waals surface area contributed by atoms with Crippen LogP contribution in [-0.4, -0.2) is 19.9 Å². The number of nitrogen functional groups attached to an aromatic ring is 1. The Morgan fingerprint density at radius 1 is 1.41 bits per heavy atom. The van der Waals surface area contributed by atoms with Crippen molar-refractivity contribution < 1.29 is 0 Å². The molecule has 0 amide bonds. The third kappa shape index (κ3) is 3.28. The highest BCUT2D eigenvalue weighted by molar-refractivity contribution is 7.98. The second-order valence-electron chi connectivity index (χ2n) is 3.41. The number of aryl methyl sites for hydroxylation is 1. The van der Waals surface area contributed by atoms with Crippen molar-refractivity contribution in [3.63, 3.8) is 0 Å². The molecule has 2 aromatic heterocycles. The van der Waals surface area contributed by atoms with Crippen LogP contribution in [0, 0.1) is 6.92 Å². The average molecular weight is 249 g/mol. The molecule has 0 aliphatic heterocycles. The zero-order valence-electron chi connectivity index (χ0n) is 9.17. The van der Waals surface area contributed by atoms with Gasteiger partial charge >= 0.3 is 0 Å². The number of hydrogen-bond donors (Lipinski definition) is 2.